The van der Waals surface area contributed by atoms with Crippen molar-refractivity contribution in [2.24, 2.45) is 15.0 Å². The van der Waals surface area contributed by atoms with Crippen LogP contribution in [-0.2, 0) is 9.59 Å². The van der Waals surface area contributed by atoms with Crippen molar-refractivity contribution < 1.29 is 9.59 Å². The van der Waals surface area contributed by atoms with Crippen molar-refractivity contribution in [1.29, 1.82) is 0 Å². The van der Waals surface area contributed by atoms with E-state index in [1.54, 1.807) is 19.1 Å². The summed E-state index contributed by atoms with van der Waals surface area (Å²) < 4.78 is 0. The fourth-order valence-electron chi connectivity index (χ4n) is 1.41. The number of carbonyl (C=O) groups excluding carboxylic acids is 2. The number of nitrogens with one attached hydrogen (secondary N) is 1. The van der Waals surface area contributed by atoms with Crippen molar-refractivity contribution in [3.05, 3.63) is 23.8 Å². The van der Waals surface area contributed by atoms with Gasteiger partial charge in [0.2, 0.25) is 12.2 Å². The smallest absolute Gasteiger partial charge is 0.240 e. The summed E-state index contributed by atoms with van der Waals surface area (Å²) in [5, 5.41) is 3.07. The van der Waals surface area contributed by atoms with Crippen LogP contribution in [0.3, 0.4) is 0 Å². The number of hydrogen-bond acceptors (Lipinski definition) is 6. The lowest BCUT2D eigenvalue weighted by Gasteiger charge is -1.97. The molecule has 1 aromatic carbocycles. The summed E-state index contributed by atoms with van der Waals surface area (Å²) in [7, 11) is 0. The number of hydrogen-bond donors (Lipinski definition) is 1. The molecule has 1 aromatic rings. The van der Waals surface area contributed by atoms with Crippen molar-refractivity contribution >= 4 is 29.4 Å². The molecule has 0 saturated heterocycles. The van der Waals surface area contributed by atoms with Crippen molar-refractivity contribution in [3.63, 3.8) is 0 Å². The van der Waals surface area contributed by atoms with E-state index in [0.29, 0.717) is 11.4 Å². The largest absolute Gasteiger partial charge is 0.372 e. The van der Waals surface area contributed by atoms with Gasteiger partial charge in [0.25, 0.3) is 0 Å². The summed E-state index contributed by atoms with van der Waals surface area (Å²) in [6.45, 7) is 5.77. The zero-order chi connectivity index (χ0) is 14.1. The van der Waals surface area contributed by atoms with E-state index in [-0.39, 0.29) is 0 Å². The van der Waals surface area contributed by atoms with Crippen LogP contribution in [0.15, 0.2) is 33.2 Å². The maximum Gasteiger partial charge on any atom is 0.240 e. The highest BCUT2D eigenvalue weighted by molar-refractivity contribution is 5.80. The van der Waals surface area contributed by atoms with Gasteiger partial charge in [-0.15, -0.1) is 0 Å². The third kappa shape index (κ3) is 5.08. The van der Waals surface area contributed by atoms with Gasteiger partial charge in [0.05, 0.1) is 23.8 Å². The Morgan fingerprint density at radius 3 is 2.42 bits per heavy atom. The first kappa shape index (κ1) is 14.5. The molecule has 0 saturated carbocycles. The Labute approximate surface area is 111 Å². The molecule has 6 heteroatoms. The number of isocyanates is 2. The van der Waals surface area contributed by atoms with Crippen molar-refractivity contribution in [3.8, 4) is 0 Å². The van der Waals surface area contributed by atoms with Crippen LogP contribution < -0.4 is 5.32 Å². The number of nitrogens with zero attached hydrogens (tertiary/aromatic N) is 3. The van der Waals surface area contributed by atoms with Gasteiger partial charge in [0.1, 0.15) is 0 Å². The van der Waals surface area contributed by atoms with Crippen molar-refractivity contribution in [2.75, 3.05) is 13.1 Å². The van der Waals surface area contributed by atoms with Gasteiger partial charge < -0.3 is 5.32 Å². The number of benzene rings is 1. The molecular weight excluding hydrogens is 244 g/mol. The van der Waals surface area contributed by atoms with Crippen LogP contribution in [0.1, 0.15) is 12.5 Å². The molecule has 0 aromatic heterocycles. The van der Waals surface area contributed by atoms with Crippen LogP contribution in [0.4, 0.5) is 11.4 Å². The van der Waals surface area contributed by atoms with Gasteiger partial charge in [-0.2, -0.15) is 9.98 Å². The van der Waals surface area contributed by atoms with E-state index in [2.05, 4.69) is 20.3 Å². The second-order valence-corrected chi connectivity index (χ2v) is 3.77. The lowest BCUT2D eigenvalue weighted by molar-refractivity contribution is 0.565. The lowest BCUT2D eigenvalue weighted by Crippen LogP contribution is -2.13. The van der Waals surface area contributed by atoms with Crippen molar-refractivity contribution in [1.82, 2.24) is 5.32 Å². The monoisotopic (exact) mass is 258 g/mol. The Hall–Kier alpha value is -2.55. The molecule has 98 valence electrons. The summed E-state index contributed by atoms with van der Waals surface area (Å²) in [6.07, 6.45) is 2.84. The molecule has 1 aliphatic heterocycles. The van der Waals surface area contributed by atoms with E-state index in [1.165, 1.54) is 18.2 Å². The SMILES string of the molecule is CC1=NCCN1.Cc1ccc(N=C=O)cc1N=C=O. The lowest BCUT2D eigenvalue weighted by atomic mass is 10.2. The Bertz CT molecular complexity index is 568. The minimum atomic E-state index is 0.426. The minimum Gasteiger partial charge on any atom is -0.372 e. The Morgan fingerprint density at radius 2 is 1.95 bits per heavy atom. The fourth-order valence-corrected chi connectivity index (χ4v) is 1.41. The van der Waals surface area contributed by atoms with E-state index >= 15 is 0 Å². The van der Waals surface area contributed by atoms with Crippen LogP contribution in [0.2, 0.25) is 0 Å². The number of rotatable bonds is 2. The Balaban J connectivity index is 0.000000250. The van der Waals surface area contributed by atoms with Gasteiger partial charge in [0, 0.05) is 6.54 Å². The zero-order valence-corrected chi connectivity index (χ0v) is 10.8. The fraction of sp³-hybridized carbons (Fsp3) is 0.308. The predicted molar refractivity (Wildman–Crippen MR) is 72.7 cm³/mol. The highest BCUT2D eigenvalue weighted by Crippen LogP contribution is 2.23. The first-order valence-corrected chi connectivity index (χ1v) is 5.68. The first-order chi connectivity index (χ1) is 9.17. The topological polar surface area (TPSA) is 83.2 Å². The van der Waals surface area contributed by atoms with Crippen LogP contribution in [0, 0.1) is 6.92 Å². The van der Waals surface area contributed by atoms with Crippen LogP contribution >= 0.6 is 0 Å². The van der Waals surface area contributed by atoms with Gasteiger partial charge in [-0.3, -0.25) is 4.99 Å². The molecule has 19 heavy (non-hydrogen) atoms. The Morgan fingerprint density at radius 1 is 1.21 bits per heavy atom. The molecule has 0 atom stereocenters. The average Bonchev–Trinajstić information content (AvgIpc) is 2.86. The molecule has 2 rings (SSSR count). The Kier molecular flexibility index (Phi) is 5.89. The molecule has 6 nitrogen and oxygen atoms in total. The molecule has 0 aliphatic carbocycles. The molecule has 1 heterocycles. The van der Waals surface area contributed by atoms with E-state index in [9.17, 15) is 9.59 Å². The van der Waals surface area contributed by atoms with Crippen LogP contribution in [0.25, 0.3) is 0 Å². The molecule has 1 aliphatic rings. The van der Waals surface area contributed by atoms with Crippen LogP contribution in [0.5, 0.6) is 0 Å². The highest BCUT2D eigenvalue weighted by atomic mass is 16.1. The predicted octanol–water partition coefficient (Wildman–Crippen LogP) is 1.94. The maximum absolute atomic E-state index is 10.00. The normalized spacial score (nSPS) is 12.0. The minimum absolute atomic E-state index is 0.426. The van der Waals surface area contributed by atoms with Crippen molar-refractivity contribution in [2.45, 2.75) is 13.8 Å². The maximum atomic E-state index is 10.00. The number of aliphatic imine (C=N–C) groups is 3. The zero-order valence-electron chi connectivity index (χ0n) is 10.8. The highest BCUT2D eigenvalue weighted by Gasteiger charge is 1.97. The van der Waals surface area contributed by atoms with Gasteiger partial charge in [-0.1, -0.05) is 6.07 Å². The van der Waals surface area contributed by atoms with Gasteiger partial charge in [-0.05, 0) is 31.5 Å². The molecule has 0 fully saturated rings. The summed E-state index contributed by atoms with van der Waals surface area (Å²) >= 11 is 0. The van der Waals surface area contributed by atoms with Crippen LogP contribution in [-0.4, -0.2) is 31.1 Å². The van der Waals surface area contributed by atoms with E-state index in [4.69, 9.17) is 0 Å². The van der Waals surface area contributed by atoms with E-state index in [0.717, 1.165) is 24.5 Å². The van der Waals surface area contributed by atoms with Gasteiger partial charge in [0.15, 0.2) is 0 Å². The second kappa shape index (κ2) is 7.71. The number of aryl methyl sites for hydroxylation is 1. The standard InChI is InChI=1S/C9H6N2O2.C4H8N2/c1-7-2-3-8(10-5-12)4-9(7)11-6-13;1-4-5-2-3-6-4/h2-4H,1H3;2-3H2,1H3,(H,5,6). The first-order valence-electron chi connectivity index (χ1n) is 5.68. The molecule has 0 spiro atoms. The van der Waals surface area contributed by atoms with Gasteiger partial charge in [-0.25, -0.2) is 9.59 Å². The molecule has 0 radical (unpaired) electrons. The summed E-state index contributed by atoms with van der Waals surface area (Å²) in [6, 6.07) is 4.88. The van der Waals surface area contributed by atoms with E-state index < -0.39 is 0 Å². The summed E-state index contributed by atoms with van der Waals surface area (Å²) in [5.74, 6) is 1.08. The third-order valence-corrected chi connectivity index (χ3v) is 2.38. The second-order valence-electron chi connectivity index (χ2n) is 3.77. The quantitative estimate of drug-likeness (QED) is 0.650. The number of amidine groups is 1. The summed E-state index contributed by atoms with van der Waals surface area (Å²) in [4.78, 5) is 30.8. The molecular formula is C13H14N4O2. The molecule has 1 N–H and O–H groups in total. The average molecular weight is 258 g/mol. The molecule has 0 bridgehead atoms. The van der Waals surface area contributed by atoms with Gasteiger partial charge >= 0.3 is 0 Å². The molecule has 0 amide bonds. The third-order valence-electron chi connectivity index (χ3n) is 2.38. The van der Waals surface area contributed by atoms with E-state index in [1.807, 2.05) is 6.92 Å². The molecule has 0 unspecified atom stereocenters. The summed E-state index contributed by atoms with van der Waals surface area (Å²) in [5.41, 5.74) is 1.72.